The van der Waals surface area contributed by atoms with Crippen molar-refractivity contribution in [3.05, 3.63) is 29.3 Å². The number of nitrogens with zero attached hydrogens (tertiary/aromatic N) is 2. The molecule has 2 unspecified atom stereocenters. The molecule has 196 valence electrons. The lowest BCUT2D eigenvalue weighted by molar-refractivity contribution is -0.192. The van der Waals surface area contributed by atoms with Crippen LogP contribution in [0.25, 0.3) is 0 Å². The largest absolute Gasteiger partial charge is 0.507 e. The fourth-order valence-corrected chi connectivity index (χ4v) is 5.46. The van der Waals surface area contributed by atoms with Crippen molar-refractivity contribution in [1.29, 1.82) is 0 Å². The molecule has 1 aromatic rings. The molecule has 7 nitrogen and oxygen atoms in total. The quantitative estimate of drug-likeness (QED) is 0.640. The number of amides is 1. The second kappa shape index (κ2) is 11.2. The van der Waals surface area contributed by atoms with E-state index in [4.69, 9.17) is 14.6 Å². The number of likely N-dealkylation sites (tertiary alicyclic amines) is 1. The Labute approximate surface area is 203 Å². The van der Waals surface area contributed by atoms with E-state index in [1.807, 2.05) is 30.9 Å². The molecule has 3 aliphatic rings. The van der Waals surface area contributed by atoms with Gasteiger partial charge in [0.15, 0.2) is 0 Å². The van der Waals surface area contributed by atoms with Crippen molar-refractivity contribution >= 4 is 11.9 Å². The SMILES string of the molecule is CC(C)c1cccc(C(=O)N2CCOC3(CCCCC3N3CCCC3)C2)c1O.O=C(O)C(F)(F)F. The van der Waals surface area contributed by atoms with E-state index in [0.29, 0.717) is 31.3 Å². The van der Waals surface area contributed by atoms with Crippen LogP contribution in [0, 0.1) is 0 Å². The molecule has 0 aromatic heterocycles. The van der Waals surface area contributed by atoms with Crippen LogP contribution >= 0.6 is 0 Å². The van der Waals surface area contributed by atoms with Gasteiger partial charge in [-0.15, -0.1) is 0 Å². The highest BCUT2D eigenvalue weighted by Gasteiger charge is 2.49. The van der Waals surface area contributed by atoms with Gasteiger partial charge in [-0.25, -0.2) is 4.79 Å². The van der Waals surface area contributed by atoms with Gasteiger partial charge in [0, 0.05) is 12.6 Å². The van der Waals surface area contributed by atoms with Crippen LogP contribution in [0.2, 0.25) is 0 Å². The number of aromatic hydroxyl groups is 1. The summed E-state index contributed by atoms with van der Waals surface area (Å²) in [5.74, 6) is -2.50. The Kier molecular flexibility index (Phi) is 8.69. The van der Waals surface area contributed by atoms with Crippen LogP contribution in [0.15, 0.2) is 18.2 Å². The molecule has 1 aromatic carbocycles. The third-order valence-corrected chi connectivity index (χ3v) is 7.17. The van der Waals surface area contributed by atoms with Gasteiger partial charge in [-0.1, -0.05) is 38.8 Å². The number of morpholine rings is 1. The highest BCUT2D eigenvalue weighted by molar-refractivity contribution is 5.97. The highest BCUT2D eigenvalue weighted by atomic mass is 19.4. The first kappa shape index (κ1) is 27.3. The number of phenolic OH excluding ortho intramolecular Hbond substituents is 1. The summed E-state index contributed by atoms with van der Waals surface area (Å²) in [5.41, 5.74) is 1.01. The maximum atomic E-state index is 13.3. The maximum absolute atomic E-state index is 13.3. The molecule has 1 saturated carbocycles. The summed E-state index contributed by atoms with van der Waals surface area (Å²) < 4.78 is 38.2. The van der Waals surface area contributed by atoms with Crippen LogP contribution in [0.5, 0.6) is 5.75 Å². The minimum Gasteiger partial charge on any atom is -0.507 e. The molecular formula is C25H35F3N2O5. The lowest BCUT2D eigenvalue weighted by Crippen LogP contribution is -2.64. The maximum Gasteiger partial charge on any atom is 0.490 e. The molecule has 4 rings (SSSR count). The third-order valence-electron chi connectivity index (χ3n) is 7.17. The number of carboxylic acid groups (broad SMARTS) is 1. The fourth-order valence-electron chi connectivity index (χ4n) is 5.46. The van der Waals surface area contributed by atoms with E-state index >= 15 is 0 Å². The van der Waals surface area contributed by atoms with E-state index in [2.05, 4.69) is 4.90 Å². The van der Waals surface area contributed by atoms with Crippen molar-refractivity contribution in [2.45, 2.75) is 76.1 Å². The van der Waals surface area contributed by atoms with Crippen molar-refractivity contribution < 1.29 is 37.7 Å². The normalized spacial score (nSPS) is 25.4. The lowest BCUT2D eigenvalue weighted by atomic mass is 9.78. The minimum atomic E-state index is -5.08. The molecule has 0 bridgehead atoms. The monoisotopic (exact) mass is 500 g/mol. The highest BCUT2D eigenvalue weighted by Crippen LogP contribution is 2.40. The van der Waals surface area contributed by atoms with Gasteiger partial charge in [0.05, 0.1) is 18.7 Å². The van der Waals surface area contributed by atoms with Crippen LogP contribution in [0.1, 0.15) is 74.2 Å². The summed E-state index contributed by atoms with van der Waals surface area (Å²) in [6.07, 6.45) is 2.06. The van der Waals surface area contributed by atoms with Crippen LogP contribution in [-0.4, -0.2) is 82.5 Å². The average molecular weight is 501 g/mol. The number of carboxylic acids is 1. The summed E-state index contributed by atoms with van der Waals surface area (Å²) in [7, 11) is 0. The summed E-state index contributed by atoms with van der Waals surface area (Å²) in [6.45, 7) is 8.20. The van der Waals surface area contributed by atoms with Gasteiger partial charge in [-0.3, -0.25) is 9.69 Å². The molecule has 35 heavy (non-hydrogen) atoms. The Morgan fingerprint density at radius 2 is 1.77 bits per heavy atom. The summed E-state index contributed by atoms with van der Waals surface area (Å²) in [4.78, 5) is 26.8. The molecule has 1 amide bonds. The van der Waals surface area contributed by atoms with Crippen molar-refractivity contribution in [1.82, 2.24) is 9.80 Å². The number of aliphatic carboxylic acids is 1. The van der Waals surface area contributed by atoms with Crippen LogP contribution < -0.4 is 0 Å². The van der Waals surface area contributed by atoms with Gasteiger partial charge in [-0.2, -0.15) is 13.2 Å². The number of para-hydroxylation sites is 1. The van der Waals surface area contributed by atoms with Gasteiger partial charge < -0.3 is 19.8 Å². The van der Waals surface area contributed by atoms with Gasteiger partial charge in [0.25, 0.3) is 5.91 Å². The Hall–Kier alpha value is -2.33. The van der Waals surface area contributed by atoms with Crippen molar-refractivity contribution in [2.24, 2.45) is 0 Å². The van der Waals surface area contributed by atoms with Gasteiger partial charge in [-0.05, 0) is 56.3 Å². The number of carbonyl (C=O) groups is 2. The number of phenols is 1. The molecule has 2 aliphatic heterocycles. The Bertz CT molecular complexity index is 898. The first-order valence-electron chi connectivity index (χ1n) is 12.3. The zero-order valence-corrected chi connectivity index (χ0v) is 20.3. The predicted molar refractivity (Wildman–Crippen MR) is 124 cm³/mol. The van der Waals surface area contributed by atoms with Crippen molar-refractivity contribution in [2.75, 3.05) is 32.8 Å². The van der Waals surface area contributed by atoms with Crippen LogP contribution in [0.4, 0.5) is 13.2 Å². The second-order valence-corrected chi connectivity index (χ2v) is 9.85. The molecule has 2 N–H and O–H groups in total. The topological polar surface area (TPSA) is 90.3 Å². The van der Waals surface area contributed by atoms with Gasteiger partial charge in [0.2, 0.25) is 0 Å². The first-order chi connectivity index (χ1) is 16.5. The Morgan fingerprint density at radius 3 is 2.37 bits per heavy atom. The summed E-state index contributed by atoms with van der Waals surface area (Å²) >= 11 is 0. The predicted octanol–water partition coefficient (Wildman–Crippen LogP) is 4.40. The van der Waals surface area contributed by atoms with Crippen molar-refractivity contribution in [3.63, 3.8) is 0 Å². The molecule has 1 aliphatic carbocycles. The number of ether oxygens (including phenoxy) is 1. The van der Waals surface area contributed by atoms with Gasteiger partial charge >= 0.3 is 12.1 Å². The molecular weight excluding hydrogens is 465 g/mol. The van der Waals surface area contributed by atoms with E-state index in [-0.39, 0.29) is 23.2 Å². The number of hydrogen-bond donors (Lipinski definition) is 2. The first-order valence-corrected chi connectivity index (χ1v) is 12.3. The average Bonchev–Trinajstić information content (AvgIpc) is 3.33. The van der Waals surface area contributed by atoms with E-state index in [1.165, 1.54) is 25.7 Å². The van der Waals surface area contributed by atoms with Gasteiger partial charge in [0.1, 0.15) is 11.4 Å². The number of carbonyl (C=O) groups excluding carboxylic acids is 1. The molecule has 1 spiro atoms. The second-order valence-electron chi connectivity index (χ2n) is 9.85. The molecule has 2 heterocycles. The van der Waals surface area contributed by atoms with Crippen molar-refractivity contribution in [3.8, 4) is 5.75 Å². The fraction of sp³-hybridized carbons (Fsp3) is 0.680. The molecule has 2 saturated heterocycles. The zero-order chi connectivity index (χ0) is 25.8. The molecule has 10 heteroatoms. The lowest BCUT2D eigenvalue weighted by Gasteiger charge is -2.52. The number of benzene rings is 1. The van der Waals surface area contributed by atoms with E-state index in [1.54, 1.807) is 6.07 Å². The number of alkyl halides is 3. The molecule has 0 radical (unpaired) electrons. The third kappa shape index (κ3) is 6.27. The zero-order valence-electron chi connectivity index (χ0n) is 20.3. The molecule has 3 fully saturated rings. The van der Waals surface area contributed by atoms with Crippen LogP contribution in [0.3, 0.4) is 0 Å². The number of halogens is 3. The number of rotatable bonds is 3. The van der Waals surface area contributed by atoms with E-state index in [0.717, 1.165) is 31.5 Å². The number of hydrogen-bond acceptors (Lipinski definition) is 5. The van der Waals surface area contributed by atoms with Crippen LogP contribution in [-0.2, 0) is 9.53 Å². The smallest absolute Gasteiger partial charge is 0.490 e. The molecule has 2 atom stereocenters. The summed E-state index contributed by atoms with van der Waals surface area (Å²) in [6, 6.07) is 5.95. The Morgan fingerprint density at radius 1 is 1.11 bits per heavy atom. The summed E-state index contributed by atoms with van der Waals surface area (Å²) in [5, 5.41) is 17.8. The minimum absolute atomic E-state index is 0.0616. The van der Waals surface area contributed by atoms with E-state index < -0.39 is 12.1 Å². The standard InChI is InChI=1S/C23H34N2O3.C2HF3O2/c1-17(2)18-8-7-9-19(21(18)26)22(27)25-14-15-28-23(16-25)11-4-3-10-20(23)24-12-5-6-13-24;3-2(4,5)1(6)7/h7-9,17,20,26H,3-6,10-16H2,1-2H3;(H,6,7). The Balaban J connectivity index is 0.000000429. The van der Waals surface area contributed by atoms with E-state index in [9.17, 15) is 23.1 Å².